The van der Waals surface area contributed by atoms with Crippen molar-refractivity contribution in [2.45, 2.75) is 25.4 Å². The van der Waals surface area contributed by atoms with Crippen LogP contribution >= 0.6 is 0 Å². The number of carbonyl (C=O) groups excluding carboxylic acids is 1. The van der Waals surface area contributed by atoms with E-state index < -0.39 is 11.7 Å². The van der Waals surface area contributed by atoms with Crippen LogP contribution < -0.4 is 10.6 Å². The van der Waals surface area contributed by atoms with Crippen molar-refractivity contribution in [1.82, 2.24) is 5.32 Å². The van der Waals surface area contributed by atoms with Crippen molar-refractivity contribution in [3.8, 4) is 0 Å². The van der Waals surface area contributed by atoms with Gasteiger partial charge < -0.3 is 10.6 Å². The molecule has 0 heterocycles. The van der Waals surface area contributed by atoms with Crippen molar-refractivity contribution < 1.29 is 18.0 Å². The van der Waals surface area contributed by atoms with Crippen LogP contribution in [0.2, 0.25) is 0 Å². The predicted molar refractivity (Wildman–Crippen MR) is 92.4 cm³/mol. The van der Waals surface area contributed by atoms with Crippen LogP contribution in [-0.4, -0.2) is 19.0 Å². The van der Waals surface area contributed by atoms with Crippen LogP contribution in [-0.2, 0) is 16.4 Å². The summed E-state index contributed by atoms with van der Waals surface area (Å²) in [4.78, 5) is 12.0. The van der Waals surface area contributed by atoms with E-state index in [9.17, 15) is 18.0 Å². The van der Waals surface area contributed by atoms with Crippen molar-refractivity contribution >= 4 is 11.6 Å². The Morgan fingerprint density at radius 3 is 2.24 bits per heavy atom. The Kier molecular flexibility index (Phi) is 5.72. The number of alkyl halides is 3. The van der Waals surface area contributed by atoms with E-state index in [1.54, 1.807) is 0 Å². The second-order valence-corrected chi connectivity index (χ2v) is 6.46. The van der Waals surface area contributed by atoms with Crippen LogP contribution in [0.4, 0.5) is 18.9 Å². The summed E-state index contributed by atoms with van der Waals surface area (Å²) in [5, 5.41) is 5.53. The number of rotatable bonds is 6. The van der Waals surface area contributed by atoms with E-state index in [2.05, 4.69) is 10.6 Å². The SMILES string of the molecule is CC(C)(CNC(=O)CNc1cccc(C(F)(F)F)c1)c1ccccc1. The van der Waals surface area contributed by atoms with Gasteiger partial charge >= 0.3 is 6.18 Å². The van der Waals surface area contributed by atoms with Gasteiger partial charge in [-0.15, -0.1) is 0 Å². The van der Waals surface area contributed by atoms with Gasteiger partial charge in [0.05, 0.1) is 12.1 Å². The zero-order valence-electron chi connectivity index (χ0n) is 14.2. The van der Waals surface area contributed by atoms with Gasteiger partial charge in [0.15, 0.2) is 0 Å². The maximum Gasteiger partial charge on any atom is 0.416 e. The molecule has 0 atom stereocenters. The minimum absolute atomic E-state index is 0.0911. The lowest BCUT2D eigenvalue weighted by molar-refractivity contribution is -0.137. The molecule has 0 unspecified atom stereocenters. The maximum absolute atomic E-state index is 12.7. The third kappa shape index (κ3) is 5.52. The van der Waals surface area contributed by atoms with Crippen molar-refractivity contribution in [3.05, 3.63) is 65.7 Å². The van der Waals surface area contributed by atoms with Gasteiger partial charge in [-0.25, -0.2) is 0 Å². The zero-order valence-corrected chi connectivity index (χ0v) is 14.2. The monoisotopic (exact) mass is 350 g/mol. The third-order valence-electron chi connectivity index (χ3n) is 3.93. The van der Waals surface area contributed by atoms with E-state index in [1.807, 2.05) is 44.2 Å². The molecular formula is C19H21F3N2O. The molecule has 0 aliphatic carbocycles. The lowest BCUT2D eigenvalue weighted by Crippen LogP contribution is -2.39. The Bertz CT molecular complexity index is 712. The van der Waals surface area contributed by atoms with Gasteiger partial charge in [0.1, 0.15) is 0 Å². The van der Waals surface area contributed by atoms with Gasteiger partial charge in [-0.2, -0.15) is 13.2 Å². The minimum Gasteiger partial charge on any atom is -0.376 e. The van der Waals surface area contributed by atoms with E-state index in [-0.39, 0.29) is 23.6 Å². The standard InChI is InChI=1S/C19H21F3N2O/c1-18(2,14-7-4-3-5-8-14)13-24-17(25)12-23-16-10-6-9-15(11-16)19(20,21)22/h3-11,23H,12-13H2,1-2H3,(H,24,25). The molecule has 0 aliphatic heterocycles. The van der Waals surface area contributed by atoms with Crippen LogP contribution in [0.25, 0.3) is 0 Å². The molecule has 0 aromatic heterocycles. The Morgan fingerprint density at radius 2 is 1.60 bits per heavy atom. The van der Waals surface area contributed by atoms with Crippen LogP contribution in [0.1, 0.15) is 25.0 Å². The van der Waals surface area contributed by atoms with Crippen LogP contribution in [0.5, 0.6) is 0 Å². The summed E-state index contributed by atoms with van der Waals surface area (Å²) in [7, 11) is 0. The number of halogens is 3. The molecule has 0 fully saturated rings. The Balaban J connectivity index is 1.87. The predicted octanol–water partition coefficient (Wildman–Crippen LogP) is 4.21. The molecule has 0 aliphatic rings. The fourth-order valence-electron chi connectivity index (χ4n) is 2.36. The quantitative estimate of drug-likeness (QED) is 0.819. The summed E-state index contributed by atoms with van der Waals surface area (Å²) in [6.07, 6.45) is -4.40. The van der Waals surface area contributed by atoms with Crippen molar-refractivity contribution in [1.29, 1.82) is 0 Å². The number of hydrogen-bond donors (Lipinski definition) is 2. The molecule has 134 valence electrons. The average Bonchev–Trinajstić information content (AvgIpc) is 2.58. The molecule has 2 aromatic carbocycles. The molecule has 0 saturated heterocycles. The molecule has 2 N–H and O–H groups in total. The molecule has 0 spiro atoms. The van der Waals surface area contributed by atoms with E-state index in [0.717, 1.165) is 17.7 Å². The molecule has 6 heteroatoms. The van der Waals surface area contributed by atoms with Gasteiger partial charge in [-0.05, 0) is 23.8 Å². The smallest absolute Gasteiger partial charge is 0.376 e. The highest BCUT2D eigenvalue weighted by Gasteiger charge is 2.30. The second kappa shape index (κ2) is 7.59. The highest BCUT2D eigenvalue weighted by atomic mass is 19.4. The molecule has 2 rings (SSSR count). The first-order chi connectivity index (χ1) is 11.7. The first-order valence-corrected chi connectivity index (χ1v) is 7.92. The molecule has 0 bridgehead atoms. The number of carbonyl (C=O) groups is 1. The zero-order chi connectivity index (χ0) is 18.5. The van der Waals surface area contributed by atoms with E-state index in [1.165, 1.54) is 12.1 Å². The fraction of sp³-hybridized carbons (Fsp3) is 0.316. The summed E-state index contributed by atoms with van der Waals surface area (Å²) >= 11 is 0. The third-order valence-corrected chi connectivity index (χ3v) is 3.93. The van der Waals surface area contributed by atoms with Crippen molar-refractivity contribution in [2.75, 3.05) is 18.4 Å². The Labute approximate surface area is 145 Å². The van der Waals surface area contributed by atoms with Crippen molar-refractivity contribution in [2.24, 2.45) is 0 Å². The Morgan fingerprint density at radius 1 is 0.960 bits per heavy atom. The molecule has 3 nitrogen and oxygen atoms in total. The summed E-state index contributed by atoms with van der Waals surface area (Å²) < 4.78 is 38.0. The van der Waals surface area contributed by atoms with Crippen LogP contribution in [0.15, 0.2) is 54.6 Å². The lowest BCUT2D eigenvalue weighted by atomic mass is 9.84. The van der Waals surface area contributed by atoms with E-state index in [4.69, 9.17) is 0 Å². The van der Waals surface area contributed by atoms with Gasteiger partial charge in [0.2, 0.25) is 5.91 Å². The maximum atomic E-state index is 12.7. The largest absolute Gasteiger partial charge is 0.416 e. The highest BCUT2D eigenvalue weighted by Crippen LogP contribution is 2.30. The molecule has 2 aromatic rings. The fourth-order valence-corrected chi connectivity index (χ4v) is 2.36. The molecule has 25 heavy (non-hydrogen) atoms. The van der Waals surface area contributed by atoms with Gasteiger partial charge in [-0.1, -0.05) is 50.2 Å². The van der Waals surface area contributed by atoms with Gasteiger partial charge in [0, 0.05) is 17.6 Å². The first-order valence-electron chi connectivity index (χ1n) is 7.92. The number of hydrogen-bond acceptors (Lipinski definition) is 2. The topological polar surface area (TPSA) is 41.1 Å². The van der Waals surface area contributed by atoms with E-state index >= 15 is 0 Å². The first kappa shape index (κ1) is 18.8. The summed E-state index contributed by atoms with van der Waals surface area (Å²) in [5.74, 6) is -0.276. The average molecular weight is 350 g/mol. The number of anilines is 1. The molecular weight excluding hydrogens is 329 g/mol. The summed E-state index contributed by atoms with van der Waals surface area (Å²) in [6, 6.07) is 14.6. The normalized spacial score (nSPS) is 11.9. The van der Waals surface area contributed by atoms with Gasteiger partial charge in [0.25, 0.3) is 0 Å². The Hall–Kier alpha value is -2.50. The molecule has 0 saturated carbocycles. The highest BCUT2D eigenvalue weighted by molar-refractivity contribution is 5.80. The van der Waals surface area contributed by atoms with Crippen LogP contribution in [0, 0.1) is 0 Å². The summed E-state index contributed by atoms with van der Waals surface area (Å²) in [5.41, 5.74) is 0.365. The second-order valence-electron chi connectivity index (χ2n) is 6.46. The number of benzene rings is 2. The van der Waals surface area contributed by atoms with Gasteiger partial charge in [-0.3, -0.25) is 4.79 Å². The van der Waals surface area contributed by atoms with E-state index in [0.29, 0.717) is 6.54 Å². The molecule has 1 amide bonds. The summed E-state index contributed by atoms with van der Waals surface area (Å²) in [6.45, 7) is 4.37. The minimum atomic E-state index is -4.40. The van der Waals surface area contributed by atoms with Crippen molar-refractivity contribution in [3.63, 3.8) is 0 Å². The molecule has 0 radical (unpaired) electrons. The number of amides is 1. The number of nitrogens with one attached hydrogen (secondary N) is 2. The lowest BCUT2D eigenvalue weighted by Gasteiger charge is -2.25. The van der Waals surface area contributed by atoms with Crippen LogP contribution in [0.3, 0.4) is 0 Å².